The number of carbonyl (C=O) groups is 1. The molecule has 0 unspecified atom stereocenters. The molecule has 0 saturated heterocycles. The van der Waals surface area contributed by atoms with E-state index in [0.29, 0.717) is 28.4 Å². The van der Waals surface area contributed by atoms with E-state index in [-0.39, 0.29) is 18.3 Å². The highest BCUT2D eigenvalue weighted by Gasteiger charge is 2.10. The van der Waals surface area contributed by atoms with Crippen molar-refractivity contribution < 1.29 is 13.9 Å². The van der Waals surface area contributed by atoms with Crippen LogP contribution in [-0.2, 0) is 11.4 Å². The number of rotatable bonds is 10. The van der Waals surface area contributed by atoms with Crippen molar-refractivity contribution in [2.75, 3.05) is 12.3 Å². The van der Waals surface area contributed by atoms with Gasteiger partial charge in [-0.1, -0.05) is 43.1 Å². The van der Waals surface area contributed by atoms with Gasteiger partial charge in [0.2, 0.25) is 5.91 Å². The molecule has 0 saturated carbocycles. The second-order valence-electron chi connectivity index (χ2n) is 5.05. The average Bonchev–Trinajstić information content (AvgIpc) is 3.04. The van der Waals surface area contributed by atoms with Crippen molar-refractivity contribution in [3.05, 3.63) is 35.2 Å². The molecule has 130 valence electrons. The van der Waals surface area contributed by atoms with E-state index < -0.39 is 0 Å². The molecule has 1 aromatic carbocycles. The van der Waals surface area contributed by atoms with Crippen molar-refractivity contribution in [1.82, 2.24) is 15.5 Å². The number of unbranched alkanes of at least 4 members (excludes halogenated alkanes) is 2. The monoisotopic (exact) mass is 369 g/mol. The van der Waals surface area contributed by atoms with Crippen LogP contribution in [0.15, 0.2) is 33.9 Å². The maximum Gasteiger partial charge on any atom is 0.277 e. The van der Waals surface area contributed by atoms with E-state index >= 15 is 0 Å². The average molecular weight is 370 g/mol. The molecule has 2 aromatic rings. The van der Waals surface area contributed by atoms with Crippen molar-refractivity contribution in [2.24, 2.45) is 0 Å². The molecule has 24 heavy (non-hydrogen) atoms. The molecule has 1 heterocycles. The van der Waals surface area contributed by atoms with Gasteiger partial charge in [-0.05, 0) is 30.7 Å². The molecule has 0 aliphatic rings. The largest absolute Gasteiger partial charge is 0.484 e. The molecule has 0 radical (unpaired) electrons. The predicted molar refractivity (Wildman–Crippen MR) is 93.3 cm³/mol. The van der Waals surface area contributed by atoms with Gasteiger partial charge in [0, 0.05) is 11.6 Å². The molecule has 0 atom stereocenters. The lowest BCUT2D eigenvalue weighted by Crippen LogP contribution is -2.26. The van der Waals surface area contributed by atoms with Gasteiger partial charge in [-0.15, -0.1) is 10.2 Å². The Morgan fingerprint density at radius 1 is 1.29 bits per heavy atom. The summed E-state index contributed by atoms with van der Waals surface area (Å²) in [5, 5.41) is 11.6. The van der Waals surface area contributed by atoms with E-state index in [9.17, 15) is 4.79 Å². The van der Waals surface area contributed by atoms with Crippen molar-refractivity contribution >= 4 is 29.3 Å². The van der Waals surface area contributed by atoms with Gasteiger partial charge in [0.25, 0.3) is 11.1 Å². The van der Waals surface area contributed by atoms with Crippen LogP contribution >= 0.6 is 23.4 Å². The van der Waals surface area contributed by atoms with Crippen molar-refractivity contribution in [2.45, 2.75) is 38.0 Å². The maximum atomic E-state index is 11.7. The first-order valence-corrected chi connectivity index (χ1v) is 9.14. The Labute approximate surface area is 150 Å². The van der Waals surface area contributed by atoms with Crippen molar-refractivity contribution in [3.8, 4) is 5.75 Å². The van der Waals surface area contributed by atoms with Crippen LogP contribution in [0.2, 0.25) is 5.02 Å². The fourth-order valence-electron chi connectivity index (χ4n) is 1.81. The number of thioether (sulfide) groups is 1. The van der Waals surface area contributed by atoms with Gasteiger partial charge in [-0.3, -0.25) is 4.79 Å². The number of nitrogens with one attached hydrogen (secondary N) is 1. The van der Waals surface area contributed by atoms with Crippen LogP contribution in [0.4, 0.5) is 0 Å². The molecule has 0 aliphatic heterocycles. The third kappa shape index (κ3) is 6.80. The Bertz CT molecular complexity index is 634. The van der Waals surface area contributed by atoms with Gasteiger partial charge >= 0.3 is 0 Å². The zero-order valence-electron chi connectivity index (χ0n) is 13.5. The normalized spacial score (nSPS) is 10.6. The molecule has 2 rings (SSSR count). The third-order valence-corrected chi connectivity index (χ3v) is 4.12. The van der Waals surface area contributed by atoms with E-state index in [0.717, 1.165) is 19.3 Å². The zero-order valence-corrected chi connectivity index (χ0v) is 15.0. The summed E-state index contributed by atoms with van der Waals surface area (Å²) in [6.45, 7) is 3.00. The second kappa shape index (κ2) is 10.2. The number of amides is 1. The van der Waals surface area contributed by atoms with E-state index in [1.165, 1.54) is 11.8 Å². The van der Waals surface area contributed by atoms with Crippen LogP contribution in [0.1, 0.15) is 32.1 Å². The topological polar surface area (TPSA) is 77.2 Å². The van der Waals surface area contributed by atoms with Crippen molar-refractivity contribution in [3.63, 3.8) is 0 Å². The number of carbonyl (C=O) groups excluding carboxylic acids is 1. The van der Waals surface area contributed by atoms with E-state index in [2.05, 4.69) is 22.4 Å². The summed E-state index contributed by atoms with van der Waals surface area (Å²) >= 11 is 7.02. The van der Waals surface area contributed by atoms with Crippen LogP contribution in [-0.4, -0.2) is 28.4 Å². The highest BCUT2D eigenvalue weighted by atomic mass is 35.5. The summed E-state index contributed by atoms with van der Waals surface area (Å²) < 4.78 is 11.0. The minimum absolute atomic E-state index is 0.0340. The fraction of sp³-hybridized carbons (Fsp3) is 0.438. The maximum absolute atomic E-state index is 11.7. The second-order valence-corrected chi connectivity index (χ2v) is 6.41. The van der Waals surface area contributed by atoms with Gasteiger partial charge in [-0.25, -0.2) is 0 Å². The number of nitrogens with zero attached hydrogens (tertiary/aromatic N) is 2. The molecule has 1 aromatic heterocycles. The van der Waals surface area contributed by atoms with E-state index in [1.54, 1.807) is 24.3 Å². The number of hydrogen-bond donors (Lipinski definition) is 1. The number of benzene rings is 1. The lowest BCUT2D eigenvalue weighted by Gasteiger charge is -2.03. The van der Waals surface area contributed by atoms with E-state index in [4.69, 9.17) is 20.8 Å². The fourth-order valence-corrected chi connectivity index (χ4v) is 2.55. The summed E-state index contributed by atoms with van der Waals surface area (Å²) in [7, 11) is 0. The van der Waals surface area contributed by atoms with Crippen LogP contribution in [0, 0.1) is 0 Å². The highest BCUT2D eigenvalue weighted by Crippen LogP contribution is 2.19. The highest BCUT2D eigenvalue weighted by molar-refractivity contribution is 7.99. The Kier molecular flexibility index (Phi) is 7.91. The molecule has 0 fully saturated rings. The van der Waals surface area contributed by atoms with Crippen LogP contribution in [0.3, 0.4) is 0 Å². The lowest BCUT2D eigenvalue weighted by atomic mass is 10.2. The number of halogens is 1. The van der Waals surface area contributed by atoms with Crippen molar-refractivity contribution in [1.29, 1.82) is 0 Å². The number of ether oxygens (including phenoxy) is 1. The molecule has 1 N–H and O–H groups in total. The molecule has 1 amide bonds. The standard InChI is InChI=1S/C16H20ClN3O3S/c1-2-3-4-9-18-14(21)11-24-16-20-19-15(23-16)10-22-13-7-5-12(17)6-8-13/h5-8H,2-4,9-11H2,1H3,(H,18,21). The molecule has 6 nitrogen and oxygen atoms in total. The first-order chi connectivity index (χ1) is 11.7. The lowest BCUT2D eigenvalue weighted by molar-refractivity contribution is -0.118. The summed E-state index contributed by atoms with van der Waals surface area (Å²) in [6, 6.07) is 7.00. The number of aromatic nitrogens is 2. The molecular formula is C16H20ClN3O3S. The molecule has 0 aliphatic carbocycles. The zero-order chi connectivity index (χ0) is 17.2. The van der Waals surface area contributed by atoms with Crippen LogP contribution in [0.25, 0.3) is 0 Å². The quantitative estimate of drug-likeness (QED) is 0.508. The summed E-state index contributed by atoms with van der Waals surface area (Å²) in [6.07, 6.45) is 3.25. The molecule has 0 spiro atoms. The van der Waals surface area contributed by atoms with Gasteiger partial charge in [0.05, 0.1) is 5.75 Å². The Hall–Kier alpha value is -1.73. The first-order valence-electron chi connectivity index (χ1n) is 7.77. The first kappa shape index (κ1) is 18.6. The van der Waals surface area contributed by atoms with Gasteiger partial charge in [0.15, 0.2) is 6.61 Å². The Morgan fingerprint density at radius 2 is 2.08 bits per heavy atom. The molecule has 8 heteroatoms. The van der Waals surface area contributed by atoms with Gasteiger partial charge < -0.3 is 14.5 Å². The van der Waals surface area contributed by atoms with Gasteiger partial charge in [-0.2, -0.15) is 0 Å². The third-order valence-electron chi connectivity index (χ3n) is 3.05. The summed E-state index contributed by atoms with van der Waals surface area (Å²) in [5.74, 6) is 1.24. The predicted octanol–water partition coefficient (Wildman–Crippen LogP) is 3.70. The van der Waals surface area contributed by atoms with Gasteiger partial charge in [0.1, 0.15) is 5.75 Å². The summed E-state index contributed by atoms with van der Waals surface area (Å²) in [5.41, 5.74) is 0. The SMILES string of the molecule is CCCCCNC(=O)CSc1nnc(COc2ccc(Cl)cc2)o1. The smallest absolute Gasteiger partial charge is 0.277 e. The minimum atomic E-state index is -0.0340. The van der Waals surface area contributed by atoms with Crippen LogP contribution < -0.4 is 10.1 Å². The Balaban J connectivity index is 1.68. The number of hydrogen-bond acceptors (Lipinski definition) is 6. The Morgan fingerprint density at radius 3 is 2.83 bits per heavy atom. The van der Waals surface area contributed by atoms with E-state index in [1.807, 2.05) is 0 Å². The molecular weight excluding hydrogens is 350 g/mol. The molecule has 0 bridgehead atoms. The summed E-state index contributed by atoms with van der Waals surface area (Å²) in [4.78, 5) is 11.7. The van der Waals surface area contributed by atoms with Crippen LogP contribution in [0.5, 0.6) is 5.75 Å². The minimum Gasteiger partial charge on any atom is -0.484 e.